The van der Waals surface area contributed by atoms with Crippen LogP contribution in [-0.4, -0.2) is 20.3 Å². The highest BCUT2D eigenvalue weighted by atomic mass is 16.5. The molecular formula is C15H20N4O2. The number of nitrogens with zero attached hydrogens (tertiary/aromatic N) is 3. The maximum atomic E-state index is 12.2. The Labute approximate surface area is 123 Å². The number of carbonyl (C=O) groups is 1. The van der Waals surface area contributed by atoms with Crippen molar-refractivity contribution in [3.05, 3.63) is 35.9 Å². The Hall–Kier alpha value is -2.24. The number of aromatic nitrogens is 3. The van der Waals surface area contributed by atoms with Crippen LogP contribution in [-0.2, 0) is 11.3 Å². The van der Waals surface area contributed by atoms with Crippen LogP contribution in [0.1, 0.15) is 55.0 Å². The lowest BCUT2D eigenvalue weighted by atomic mass is 10.4. The highest BCUT2D eigenvalue weighted by Crippen LogP contribution is 2.37. The molecule has 1 saturated carbocycles. The second kappa shape index (κ2) is 5.27. The van der Waals surface area contributed by atoms with Crippen LogP contribution in [0.4, 0.5) is 5.69 Å². The number of anilines is 1. The second-order valence-electron chi connectivity index (χ2n) is 5.75. The molecule has 1 fully saturated rings. The van der Waals surface area contributed by atoms with Crippen molar-refractivity contribution < 1.29 is 9.53 Å². The summed E-state index contributed by atoms with van der Waals surface area (Å²) < 4.78 is 9.11. The molecule has 0 aromatic carbocycles. The molecule has 0 bridgehead atoms. The summed E-state index contributed by atoms with van der Waals surface area (Å²) in [7, 11) is 0. The highest BCUT2D eigenvalue weighted by Gasteiger charge is 2.28. The van der Waals surface area contributed by atoms with Crippen molar-refractivity contribution >= 4 is 11.7 Å². The number of rotatable bonds is 5. The third-order valence-corrected chi connectivity index (χ3v) is 3.56. The number of carbonyl (C=O) groups excluding carboxylic acids is 1. The molecule has 0 amide bonds. The topological polar surface area (TPSA) is 75.1 Å². The van der Waals surface area contributed by atoms with Crippen molar-refractivity contribution in [1.82, 2.24) is 14.3 Å². The smallest absolute Gasteiger partial charge is 0.355 e. The lowest BCUT2D eigenvalue weighted by molar-refractivity contribution is 0.0454. The van der Waals surface area contributed by atoms with Crippen molar-refractivity contribution in [2.75, 3.05) is 5.73 Å². The van der Waals surface area contributed by atoms with Crippen LogP contribution < -0.4 is 5.73 Å². The van der Waals surface area contributed by atoms with Gasteiger partial charge in [0.25, 0.3) is 0 Å². The Morgan fingerprint density at radius 3 is 2.90 bits per heavy atom. The van der Waals surface area contributed by atoms with E-state index in [0.717, 1.165) is 18.5 Å². The molecule has 1 aliphatic rings. The van der Waals surface area contributed by atoms with E-state index in [-0.39, 0.29) is 12.6 Å². The van der Waals surface area contributed by atoms with Crippen LogP contribution in [0.15, 0.2) is 24.5 Å². The lowest BCUT2D eigenvalue weighted by Crippen LogP contribution is -2.11. The first-order chi connectivity index (χ1) is 10.0. The molecule has 3 rings (SSSR count). The van der Waals surface area contributed by atoms with Crippen LogP contribution >= 0.6 is 0 Å². The summed E-state index contributed by atoms with van der Waals surface area (Å²) in [6.45, 7) is 4.27. The van der Waals surface area contributed by atoms with E-state index >= 15 is 0 Å². The van der Waals surface area contributed by atoms with Gasteiger partial charge in [0.1, 0.15) is 12.3 Å². The van der Waals surface area contributed by atoms with Crippen molar-refractivity contribution in [2.24, 2.45) is 0 Å². The average Bonchev–Trinajstić information content (AvgIpc) is 3.04. The minimum atomic E-state index is -0.349. The predicted molar refractivity (Wildman–Crippen MR) is 78.8 cm³/mol. The summed E-state index contributed by atoms with van der Waals surface area (Å²) >= 11 is 0. The minimum absolute atomic E-state index is 0.175. The van der Waals surface area contributed by atoms with Gasteiger partial charge >= 0.3 is 5.97 Å². The van der Waals surface area contributed by atoms with Gasteiger partial charge in [0.05, 0.1) is 11.4 Å². The minimum Gasteiger partial charge on any atom is -0.454 e. The number of esters is 1. The van der Waals surface area contributed by atoms with Gasteiger partial charge in [-0.2, -0.15) is 5.10 Å². The van der Waals surface area contributed by atoms with Gasteiger partial charge < -0.3 is 15.0 Å². The zero-order chi connectivity index (χ0) is 15.0. The fourth-order valence-electron chi connectivity index (χ4n) is 2.27. The quantitative estimate of drug-likeness (QED) is 0.858. The van der Waals surface area contributed by atoms with Crippen molar-refractivity contribution in [2.45, 2.75) is 45.4 Å². The molecule has 2 aromatic rings. The Morgan fingerprint density at radius 1 is 1.52 bits per heavy atom. The van der Waals surface area contributed by atoms with Crippen LogP contribution in [0.2, 0.25) is 0 Å². The highest BCUT2D eigenvalue weighted by molar-refractivity contribution is 5.89. The van der Waals surface area contributed by atoms with E-state index in [9.17, 15) is 4.79 Å². The molecule has 6 heteroatoms. The largest absolute Gasteiger partial charge is 0.454 e. The molecule has 1 aliphatic carbocycles. The second-order valence-corrected chi connectivity index (χ2v) is 5.75. The monoisotopic (exact) mass is 288 g/mol. The molecule has 0 spiro atoms. The maximum absolute atomic E-state index is 12.2. The summed E-state index contributed by atoms with van der Waals surface area (Å²) in [6.07, 6.45) is 5.88. The van der Waals surface area contributed by atoms with Crippen molar-refractivity contribution in [1.29, 1.82) is 0 Å². The van der Waals surface area contributed by atoms with Gasteiger partial charge in [0, 0.05) is 24.5 Å². The summed E-state index contributed by atoms with van der Waals surface area (Å²) in [5.74, 6) is -0.349. The van der Waals surface area contributed by atoms with Gasteiger partial charge in [0.15, 0.2) is 0 Å². The number of hydrogen-bond acceptors (Lipinski definition) is 4. The van der Waals surface area contributed by atoms with Crippen LogP contribution in [0, 0.1) is 0 Å². The van der Waals surface area contributed by atoms with Crippen molar-refractivity contribution in [3.63, 3.8) is 0 Å². The van der Waals surface area contributed by atoms with Gasteiger partial charge in [-0.25, -0.2) is 4.79 Å². The van der Waals surface area contributed by atoms with E-state index in [1.54, 1.807) is 6.07 Å². The third-order valence-electron chi connectivity index (χ3n) is 3.56. The van der Waals surface area contributed by atoms with E-state index in [1.165, 1.54) is 0 Å². The first kappa shape index (κ1) is 13.7. The van der Waals surface area contributed by atoms with Crippen molar-refractivity contribution in [3.8, 4) is 0 Å². The van der Waals surface area contributed by atoms with Crippen LogP contribution in [0.25, 0.3) is 0 Å². The first-order valence-corrected chi connectivity index (χ1v) is 7.23. The van der Waals surface area contributed by atoms with Gasteiger partial charge in [-0.05, 0) is 38.8 Å². The molecule has 2 N–H and O–H groups in total. The summed E-state index contributed by atoms with van der Waals surface area (Å²) in [6, 6.07) is 4.22. The van der Waals surface area contributed by atoms with E-state index < -0.39 is 0 Å². The van der Waals surface area contributed by atoms with E-state index in [4.69, 9.17) is 10.5 Å². The first-order valence-electron chi connectivity index (χ1n) is 7.23. The summed E-state index contributed by atoms with van der Waals surface area (Å²) in [4.78, 5) is 12.2. The molecule has 0 radical (unpaired) electrons. The Bertz CT molecular complexity index is 652. The van der Waals surface area contributed by atoms with Crippen LogP contribution in [0.3, 0.4) is 0 Å². The standard InChI is InChI=1S/C15H20N4O2/c1-10(2)19-6-5-12(17-19)9-21-15(20)14-7-11(16)8-18(14)13-3-4-13/h5-8,10,13H,3-4,9,16H2,1-2H3. The molecule has 6 nitrogen and oxygen atoms in total. The molecule has 112 valence electrons. The van der Waals surface area contributed by atoms with E-state index in [1.807, 2.05) is 41.6 Å². The summed E-state index contributed by atoms with van der Waals surface area (Å²) in [5, 5.41) is 4.36. The zero-order valence-electron chi connectivity index (χ0n) is 12.3. The molecule has 2 heterocycles. The third kappa shape index (κ3) is 2.94. The Morgan fingerprint density at radius 2 is 2.29 bits per heavy atom. The molecule has 0 unspecified atom stereocenters. The predicted octanol–water partition coefficient (Wildman–Crippen LogP) is 2.54. The van der Waals surface area contributed by atoms with E-state index in [2.05, 4.69) is 5.10 Å². The number of nitrogen functional groups attached to an aromatic ring is 1. The average molecular weight is 288 g/mol. The normalized spacial score (nSPS) is 14.6. The van der Waals surface area contributed by atoms with Gasteiger partial charge in [0.2, 0.25) is 0 Å². The number of nitrogens with two attached hydrogens (primary N) is 1. The summed E-state index contributed by atoms with van der Waals surface area (Å²) in [5.41, 5.74) is 7.65. The number of hydrogen-bond donors (Lipinski definition) is 1. The zero-order valence-corrected chi connectivity index (χ0v) is 12.3. The lowest BCUT2D eigenvalue weighted by Gasteiger charge is -2.07. The molecule has 0 saturated heterocycles. The molecule has 2 aromatic heterocycles. The van der Waals surface area contributed by atoms with Crippen LogP contribution in [0.5, 0.6) is 0 Å². The fourth-order valence-corrected chi connectivity index (χ4v) is 2.27. The van der Waals surface area contributed by atoms with Gasteiger partial charge in [-0.1, -0.05) is 0 Å². The van der Waals surface area contributed by atoms with Gasteiger partial charge in [-0.3, -0.25) is 4.68 Å². The maximum Gasteiger partial charge on any atom is 0.355 e. The molecule has 0 atom stereocenters. The van der Waals surface area contributed by atoms with Gasteiger partial charge in [-0.15, -0.1) is 0 Å². The van der Waals surface area contributed by atoms with E-state index in [0.29, 0.717) is 23.5 Å². The number of ether oxygens (including phenoxy) is 1. The fraction of sp³-hybridized carbons (Fsp3) is 0.467. The SMILES string of the molecule is CC(C)n1ccc(COC(=O)c2cc(N)cn2C2CC2)n1. The molecular weight excluding hydrogens is 268 g/mol. The Kier molecular flexibility index (Phi) is 3.45. The molecule has 21 heavy (non-hydrogen) atoms. The molecule has 0 aliphatic heterocycles. The Balaban J connectivity index is 1.66.